The third-order valence-corrected chi connectivity index (χ3v) is 3.50. The minimum absolute atomic E-state index is 0.0593. The van der Waals surface area contributed by atoms with Crippen LogP contribution < -0.4 is 5.32 Å². The Bertz CT molecular complexity index is 228. The fraction of sp³-hybridized carbons (Fsp3) is 0.923. The lowest BCUT2D eigenvalue weighted by Crippen LogP contribution is -2.36. The van der Waals surface area contributed by atoms with Gasteiger partial charge in [0, 0.05) is 6.54 Å². The van der Waals surface area contributed by atoms with Crippen LogP contribution in [-0.2, 0) is 4.79 Å². The number of amides is 1. The van der Waals surface area contributed by atoms with Gasteiger partial charge in [0.05, 0.1) is 12.7 Å². The van der Waals surface area contributed by atoms with Crippen molar-refractivity contribution in [3.63, 3.8) is 0 Å². The fourth-order valence-corrected chi connectivity index (χ4v) is 2.13. The van der Waals surface area contributed by atoms with Gasteiger partial charge in [-0.2, -0.15) is 0 Å². The van der Waals surface area contributed by atoms with E-state index in [9.17, 15) is 4.79 Å². The van der Waals surface area contributed by atoms with Gasteiger partial charge in [-0.3, -0.25) is 10.1 Å². The number of carbonyl (C=O) groups is 1. The van der Waals surface area contributed by atoms with Crippen LogP contribution in [0.1, 0.15) is 47.0 Å². The molecule has 0 spiro atoms. The van der Waals surface area contributed by atoms with E-state index in [1.54, 1.807) is 0 Å². The fourth-order valence-electron chi connectivity index (χ4n) is 2.13. The Morgan fingerprint density at radius 2 is 2.12 bits per heavy atom. The Kier molecular flexibility index (Phi) is 5.26. The molecule has 0 saturated carbocycles. The summed E-state index contributed by atoms with van der Waals surface area (Å²) in [5.74, 6) is 1.48. The van der Waals surface area contributed by atoms with Crippen molar-refractivity contribution in [2.24, 2.45) is 11.8 Å². The normalized spacial score (nSPS) is 23.2. The van der Waals surface area contributed by atoms with Crippen molar-refractivity contribution < 1.29 is 4.79 Å². The summed E-state index contributed by atoms with van der Waals surface area (Å²) in [6.07, 6.45) is 3.39. The lowest BCUT2D eigenvalue weighted by Gasteiger charge is -2.18. The first-order valence-corrected chi connectivity index (χ1v) is 6.58. The zero-order chi connectivity index (χ0) is 12.1. The van der Waals surface area contributed by atoms with Crippen molar-refractivity contribution in [3.05, 3.63) is 0 Å². The van der Waals surface area contributed by atoms with E-state index >= 15 is 0 Å². The van der Waals surface area contributed by atoms with Gasteiger partial charge in [0.25, 0.3) is 0 Å². The molecule has 1 heterocycles. The van der Waals surface area contributed by atoms with Gasteiger partial charge in [-0.15, -0.1) is 0 Å². The molecular formula is C13H26N2O. The average molecular weight is 226 g/mol. The van der Waals surface area contributed by atoms with Gasteiger partial charge in [-0.05, 0) is 24.7 Å². The van der Waals surface area contributed by atoms with Gasteiger partial charge in [0.2, 0.25) is 5.91 Å². The summed E-state index contributed by atoms with van der Waals surface area (Å²) in [5.41, 5.74) is 0. The second kappa shape index (κ2) is 6.24. The zero-order valence-corrected chi connectivity index (χ0v) is 11.1. The number of hydrogen-bond acceptors (Lipinski definition) is 2. The topological polar surface area (TPSA) is 32.3 Å². The maximum atomic E-state index is 12.0. The standard InChI is InChI=1S/C13H26N2O/c1-5-11(4)12-13(16)15(9-14-12)8-6-7-10(2)3/h10-12,14H,5-9H2,1-4H3. The summed E-state index contributed by atoms with van der Waals surface area (Å²) >= 11 is 0. The minimum atomic E-state index is 0.0593. The van der Waals surface area contributed by atoms with Gasteiger partial charge < -0.3 is 4.90 Å². The second-order valence-corrected chi connectivity index (χ2v) is 5.36. The van der Waals surface area contributed by atoms with Gasteiger partial charge >= 0.3 is 0 Å². The summed E-state index contributed by atoms with van der Waals surface area (Å²) < 4.78 is 0. The molecule has 0 aromatic carbocycles. The van der Waals surface area contributed by atoms with Crippen molar-refractivity contribution in [2.75, 3.05) is 13.2 Å². The highest BCUT2D eigenvalue weighted by Crippen LogP contribution is 2.16. The molecule has 0 aliphatic carbocycles. The molecule has 1 saturated heterocycles. The van der Waals surface area contributed by atoms with Crippen molar-refractivity contribution in [1.82, 2.24) is 10.2 Å². The molecule has 2 unspecified atom stereocenters. The van der Waals surface area contributed by atoms with E-state index in [1.165, 1.54) is 6.42 Å². The van der Waals surface area contributed by atoms with Crippen molar-refractivity contribution >= 4 is 5.91 Å². The molecule has 1 amide bonds. The summed E-state index contributed by atoms with van der Waals surface area (Å²) in [6, 6.07) is 0.0593. The predicted octanol–water partition coefficient (Wildman–Crippen LogP) is 2.23. The highest BCUT2D eigenvalue weighted by Gasteiger charge is 2.33. The molecule has 0 bridgehead atoms. The summed E-state index contributed by atoms with van der Waals surface area (Å²) in [7, 11) is 0. The Hall–Kier alpha value is -0.570. The number of carbonyl (C=O) groups excluding carboxylic acids is 1. The highest BCUT2D eigenvalue weighted by atomic mass is 16.2. The smallest absolute Gasteiger partial charge is 0.241 e. The third-order valence-electron chi connectivity index (χ3n) is 3.50. The predicted molar refractivity (Wildman–Crippen MR) is 67.0 cm³/mol. The number of nitrogens with one attached hydrogen (secondary N) is 1. The van der Waals surface area contributed by atoms with Crippen LogP contribution in [0.15, 0.2) is 0 Å². The molecule has 1 fully saturated rings. The summed E-state index contributed by atoms with van der Waals surface area (Å²) in [6.45, 7) is 10.4. The van der Waals surface area contributed by atoms with Crippen LogP contribution in [0.2, 0.25) is 0 Å². The quantitative estimate of drug-likeness (QED) is 0.753. The van der Waals surface area contributed by atoms with Crippen LogP contribution in [-0.4, -0.2) is 30.1 Å². The van der Waals surface area contributed by atoms with E-state index in [1.807, 2.05) is 4.90 Å². The molecular weight excluding hydrogens is 200 g/mol. The van der Waals surface area contributed by atoms with E-state index in [0.717, 1.165) is 32.0 Å². The van der Waals surface area contributed by atoms with E-state index in [2.05, 4.69) is 33.0 Å². The largest absolute Gasteiger partial charge is 0.329 e. The van der Waals surface area contributed by atoms with Crippen LogP contribution in [0, 0.1) is 11.8 Å². The lowest BCUT2D eigenvalue weighted by molar-refractivity contribution is -0.129. The first kappa shape index (κ1) is 13.5. The van der Waals surface area contributed by atoms with Gasteiger partial charge in [0.15, 0.2) is 0 Å². The molecule has 3 heteroatoms. The number of nitrogens with zero attached hydrogens (tertiary/aromatic N) is 1. The molecule has 3 nitrogen and oxygen atoms in total. The lowest BCUT2D eigenvalue weighted by atomic mass is 9.99. The van der Waals surface area contributed by atoms with E-state index < -0.39 is 0 Å². The Morgan fingerprint density at radius 3 is 2.69 bits per heavy atom. The Morgan fingerprint density at radius 1 is 1.44 bits per heavy atom. The molecule has 16 heavy (non-hydrogen) atoms. The van der Waals surface area contributed by atoms with E-state index in [4.69, 9.17) is 0 Å². The van der Waals surface area contributed by atoms with E-state index in [0.29, 0.717) is 11.8 Å². The summed E-state index contributed by atoms with van der Waals surface area (Å²) in [5, 5.41) is 3.32. The summed E-state index contributed by atoms with van der Waals surface area (Å²) in [4.78, 5) is 14.0. The van der Waals surface area contributed by atoms with Crippen molar-refractivity contribution in [1.29, 1.82) is 0 Å². The molecule has 0 aromatic rings. The maximum absolute atomic E-state index is 12.0. The first-order chi connectivity index (χ1) is 7.56. The van der Waals surface area contributed by atoms with Gasteiger partial charge in [-0.1, -0.05) is 34.1 Å². The van der Waals surface area contributed by atoms with Crippen LogP contribution in [0.4, 0.5) is 0 Å². The molecule has 0 radical (unpaired) electrons. The van der Waals surface area contributed by atoms with Crippen LogP contribution >= 0.6 is 0 Å². The third kappa shape index (κ3) is 3.48. The molecule has 0 aromatic heterocycles. The molecule has 1 aliphatic heterocycles. The first-order valence-electron chi connectivity index (χ1n) is 6.58. The molecule has 1 rings (SSSR count). The second-order valence-electron chi connectivity index (χ2n) is 5.36. The van der Waals surface area contributed by atoms with Crippen molar-refractivity contribution in [2.45, 2.75) is 53.0 Å². The highest BCUT2D eigenvalue weighted by molar-refractivity contribution is 5.84. The van der Waals surface area contributed by atoms with Gasteiger partial charge in [-0.25, -0.2) is 0 Å². The Labute approximate surface area is 99.6 Å². The van der Waals surface area contributed by atoms with Crippen LogP contribution in [0.25, 0.3) is 0 Å². The van der Waals surface area contributed by atoms with Crippen LogP contribution in [0.3, 0.4) is 0 Å². The van der Waals surface area contributed by atoms with Gasteiger partial charge in [0.1, 0.15) is 0 Å². The SMILES string of the molecule is CCC(C)C1NCN(CCCC(C)C)C1=O. The number of rotatable bonds is 6. The minimum Gasteiger partial charge on any atom is -0.329 e. The molecule has 1 aliphatic rings. The van der Waals surface area contributed by atoms with Crippen molar-refractivity contribution in [3.8, 4) is 0 Å². The maximum Gasteiger partial charge on any atom is 0.241 e. The number of hydrogen-bond donors (Lipinski definition) is 1. The molecule has 1 N–H and O–H groups in total. The average Bonchev–Trinajstić information content (AvgIpc) is 2.59. The zero-order valence-electron chi connectivity index (χ0n) is 11.1. The molecule has 2 atom stereocenters. The van der Waals surface area contributed by atoms with Crippen LogP contribution in [0.5, 0.6) is 0 Å². The molecule has 94 valence electrons. The Balaban J connectivity index is 2.33. The monoisotopic (exact) mass is 226 g/mol. The van der Waals surface area contributed by atoms with E-state index in [-0.39, 0.29) is 6.04 Å².